The van der Waals surface area contributed by atoms with Crippen molar-refractivity contribution in [2.24, 2.45) is 5.92 Å². The van der Waals surface area contributed by atoms with Gasteiger partial charge >= 0.3 is 0 Å². The molecule has 0 spiro atoms. The zero-order chi connectivity index (χ0) is 15.2. The van der Waals surface area contributed by atoms with E-state index in [0.717, 1.165) is 31.2 Å². The normalized spacial score (nSPS) is 15.0. The highest BCUT2D eigenvalue weighted by molar-refractivity contribution is 6.31. The van der Waals surface area contributed by atoms with Crippen LogP contribution in [0.15, 0.2) is 18.2 Å². The molecular weight excluding hydrogens is 288 g/mol. The maximum absolute atomic E-state index is 11.8. The topological polar surface area (TPSA) is 58.2 Å². The molecule has 0 atom stereocenters. The molecule has 1 fully saturated rings. The number of rotatable bonds is 5. The van der Waals surface area contributed by atoms with Crippen LogP contribution in [0.5, 0.6) is 0 Å². The van der Waals surface area contributed by atoms with Crippen LogP contribution in [-0.4, -0.2) is 18.4 Å². The Morgan fingerprint density at radius 2 is 2.00 bits per heavy atom. The van der Waals surface area contributed by atoms with Crippen LogP contribution < -0.4 is 10.6 Å². The number of aryl methyl sites for hydroxylation is 1. The SMILES string of the molecule is Cc1ccc(NC(=O)CCNC(=O)C2CCCC2)cc1Cl. The highest BCUT2D eigenvalue weighted by Gasteiger charge is 2.22. The van der Waals surface area contributed by atoms with Crippen molar-refractivity contribution >= 4 is 29.1 Å². The number of hydrogen-bond acceptors (Lipinski definition) is 2. The smallest absolute Gasteiger partial charge is 0.226 e. The number of carbonyl (C=O) groups excluding carboxylic acids is 2. The standard InChI is InChI=1S/C16H21ClN2O2/c1-11-6-7-13(10-14(11)17)19-15(20)8-9-18-16(21)12-4-2-3-5-12/h6-7,10,12H,2-5,8-9H2,1H3,(H,18,21)(H,19,20). The molecule has 0 radical (unpaired) electrons. The van der Waals surface area contributed by atoms with Gasteiger partial charge in [-0.25, -0.2) is 0 Å². The van der Waals surface area contributed by atoms with E-state index in [9.17, 15) is 9.59 Å². The molecule has 1 aromatic rings. The van der Waals surface area contributed by atoms with Gasteiger partial charge in [0.05, 0.1) is 0 Å². The molecule has 0 bridgehead atoms. The summed E-state index contributed by atoms with van der Waals surface area (Å²) in [5.74, 6) is 0.101. The molecule has 1 aliphatic carbocycles. The van der Waals surface area contributed by atoms with Crippen molar-refractivity contribution in [1.29, 1.82) is 0 Å². The molecule has 0 unspecified atom stereocenters. The van der Waals surface area contributed by atoms with Crippen LogP contribution in [0.3, 0.4) is 0 Å². The van der Waals surface area contributed by atoms with Crippen LogP contribution >= 0.6 is 11.6 Å². The van der Waals surface area contributed by atoms with Gasteiger partial charge in [0.1, 0.15) is 0 Å². The summed E-state index contributed by atoms with van der Waals surface area (Å²) < 4.78 is 0. The largest absolute Gasteiger partial charge is 0.355 e. The highest BCUT2D eigenvalue weighted by Crippen LogP contribution is 2.24. The third-order valence-electron chi connectivity index (χ3n) is 3.83. The molecule has 0 saturated heterocycles. The summed E-state index contributed by atoms with van der Waals surface area (Å²) in [4.78, 5) is 23.6. The van der Waals surface area contributed by atoms with Crippen molar-refractivity contribution in [3.63, 3.8) is 0 Å². The first kappa shape index (κ1) is 15.8. The van der Waals surface area contributed by atoms with E-state index >= 15 is 0 Å². The van der Waals surface area contributed by atoms with E-state index in [1.807, 2.05) is 19.1 Å². The molecule has 2 N–H and O–H groups in total. The monoisotopic (exact) mass is 308 g/mol. The molecule has 1 aromatic carbocycles. The molecule has 0 heterocycles. The van der Waals surface area contributed by atoms with Gasteiger partial charge in [-0.2, -0.15) is 0 Å². The summed E-state index contributed by atoms with van der Waals surface area (Å²) in [7, 11) is 0. The first-order chi connectivity index (χ1) is 10.1. The second kappa shape index (κ2) is 7.46. The molecule has 5 heteroatoms. The lowest BCUT2D eigenvalue weighted by atomic mass is 10.1. The summed E-state index contributed by atoms with van der Waals surface area (Å²) in [5, 5.41) is 6.24. The third-order valence-corrected chi connectivity index (χ3v) is 4.24. The van der Waals surface area contributed by atoms with Crippen molar-refractivity contribution in [3.05, 3.63) is 28.8 Å². The Kier molecular flexibility index (Phi) is 5.62. The van der Waals surface area contributed by atoms with Gasteiger partial charge in [-0.1, -0.05) is 30.5 Å². The van der Waals surface area contributed by atoms with Gasteiger partial charge in [-0.15, -0.1) is 0 Å². The molecule has 114 valence electrons. The van der Waals surface area contributed by atoms with Crippen molar-refractivity contribution in [3.8, 4) is 0 Å². The highest BCUT2D eigenvalue weighted by atomic mass is 35.5. The predicted molar refractivity (Wildman–Crippen MR) is 84.4 cm³/mol. The Labute approximate surface area is 130 Å². The fourth-order valence-electron chi connectivity index (χ4n) is 2.53. The van der Waals surface area contributed by atoms with E-state index in [2.05, 4.69) is 10.6 Å². The lowest BCUT2D eigenvalue weighted by molar-refractivity contribution is -0.124. The van der Waals surface area contributed by atoms with Gasteiger partial charge in [-0.3, -0.25) is 9.59 Å². The summed E-state index contributed by atoms with van der Waals surface area (Å²) in [5.41, 5.74) is 1.65. The number of amides is 2. The lowest BCUT2D eigenvalue weighted by Gasteiger charge is -2.10. The van der Waals surface area contributed by atoms with E-state index in [-0.39, 0.29) is 24.2 Å². The minimum absolute atomic E-state index is 0.0821. The van der Waals surface area contributed by atoms with Gasteiger partial charge in [0.25, 0.3) is 0 Å². The quantitative estimate of drug-likeness (QED) is 0.877. The van der Waals surface area contributed by atoms with Gasteiger partial charge in [0.2, 0.25) is 11.8 Å². The maximum atomic E-state index is 11.8. The number of nitrogens with one attached hydrogen (secondary N) is 2. The lowest BCUT2D eigenvalue weighted by Crippen LogP contribution is -2.32. The molecular formula is C16H21ClN2O2. The second-order valence-electron chi connectivity index (χ2n) is 5.53. The Morgan fingerprint density at radius 1 is 1.29 bits per heavy atom. The number of benzene rings is 1. The zero-order valence-corrected chi connectivity index (χ0v) is 13.0. The van der Waals surface area contributed by atoms with Crippen LogP contribution in [0.1, 0.15) is 37.7 Å². The molecule has 0 aromatic heterocycles. The van der Waals surface area contributed by atoms with Gasteiger partial charge in [-0.05, 0) is 37.5 Å². The van der Waals surface area contributed by atoms with Gasteiger partial charge < -0.3 is 10.6 Å². The van der Waals surface area contributed by atoms with E-state index in [0.29, 0.717) is 17.3 Å². The van der Waals surface area contributed by atoms with Gasteiger partial charge in [0, 0.05) is 29.6 Å². The van der Waals surface area contributed by atoms with E-state index in [1.165, 1.54) is 0 Å². The van der Waals surface area contributed by atoms with Crippen LogP contribution in [-0.2, 0) is 9.59 Å². The summed E-state index contributed by atoms with van der Waals surface area (Å²) in [6, 6.07) is 5.40. The summed E-state index contributed by atoms with van der Waals surface area (Å²) in [6.07, 6.45) is 4.48. The van der Waals surface area contributed by atoms with Crippen molar-refractivity contribution in [2.45, 2.75) is 39.0 Å². The average Bonchev–Trinajstić information content (AvgIpc) is 2.97. The third kappa shape index (κ3) is 4.74. The molecule has 4 nitrogen and oxygen atoms in total. The molecule has 0 aliphatic heterocycles. The number of carbonyl (C=O) groups is 2. The van der Waals surface area contributed by atoms with Crippen LogP contribution in [0.2, 0.25) is 5.02 Å². The fourth-order valence-corrected chi connectivity index (χ4v) is 2.71. The second-order valence-corrected chi connectivity index (χ2v) is 5.94. The maximum Gasteiger partial charge on any atom is 0.226 e. The number of anilines is 1. The Balaban J connectivity index is 1.71. The van der Waals surface area contributed by atoms with Gasteiger partial charge in [0.15, 0.2) is 0 Å². The molecule has 2 amide bonds. The molecule has 1 saturated carbocycles. The number of halogens is 1. The van der Waals surface area contributed by atoms with Crippen molar-refractivity contribution < 1.29 is 9.59 Å². The first-order valence-electron chi connectivity index (χ1n) is 7.40. The molecule has 2 rings (SSSR count). The van der Waals surface area contributed by atoms with Crippen LogP contribution in [0, 0.1) is 12.8 Å². The zero-order valence-electron chi connectivity index (χ0n) is 12.2. The first-order valence-corrected chi connectivity index (χ1v) is 7.78. The van der Waals surface area contributed by atoms with Crippen molar-refractivity contribution in [1.82, 2.24) is 5.32 Å². The summed E-state index contributed by atoms with van der Waals surface area (Å²) >= 11 is 6.01. The minimum atomic E-state index is -0.123. The van der Waals surface area contributed by atoms with Crippen LogP contribution in [0.4, 0.5) is 5.69 Å². The Morgan fingerprint density at radius 3 is 2.67 bits per heavy atom. The number of hydrogen-bond donors (Lipinski definition) is 2. The summed E-state index contributed by atoms with van der Waals surface area (Å²) in [6.45, 7) is 2.28. The fraction of sp³-hybridized carbons (Fsp3) is 0.500. The van der Waals surface area contributed by atoms with E-state index in [4.69, 9.17) is 11.6 Å². The Hall–Kier alpha value is -1.55. The Bertz CT molecular complexity index is 525. The van der Waals surface area contributed by atoms with E-state index < -0.39 is 0 Å². The van der Waals surface area contributed by atoms with E-state index in [1.54, 1.807) is 6.07 Å². The van der Waals surface area contributed by atoms with Crippen molar-refractivity contribution in [2.75, 3.05) is 11.9 Å². The molecule has 1 aliphatic rings. The molecule has 21 heavy (non-hydrogen) atoms. The average molecular weight is 309 g/mol. The minimum Gasteiger partial charge on any atom is -0.355 e. The predicted octanol–water partition coefficient (Wildman–Crippen LogP) is 3.28. The van der Waals surface area contributed by atoms with Crippen LogP contribution in [0.25, 0.3) is 0 Å².